The maximum Gasteiger partial charge on any atom is 0.137 e. The first kappa shape index (κ1) is 11.2. The highest BCUT2D eigenvalue weighted by atomic mass is 15.1. The van der Waals surface area contributed by atoms with Crippen molar-refractivity contribution in [2.24, 2.45) is 0 Å². The lowest BCUT2D eigenvalue weighted by Crippen LogP contribution is -1.97. The van der Waals surface area contributed by atoms with Crippen LogP contribution in [0.3, 0.4) is 0 Å². The number of hydrogen-bond donors (Lipinski definition) is 0. The van der Waals surface area contributed by atoms with Crippen LogP contribution in [0.2, 0.25) is 0 Å². The summed E-state index contributed by atoms with van der Waals surface area (Å²) in [5.74, 6) is 0.926. The van der Waals surface area contributed by atoms with E-state index in [1.807, 2.05) is 31.6 Å². The summed E-state index contributed by atoms with van der Waals surface area (Å²) in [6.45, 7) is 2.05. The Morgan fingerprint density at radius 2 is 1.70 bits per heavy atom. The van der Waals surface area contributed by atoms with Gasteiger partial charge < -0.3 is 0 Å². The molecule has 0 atom stereocenters. The molecule has 0 fully saturated rings. The molecule has 3 heterocycles. The van der Waals surface area contributed by atoms with E-state index in [0.717, 1.165) is 22.4 Å². The molecule has 0 aliphatic carbocycles. The molecular weight excluding hydrogens is 246 g/mol. The molecule has 0 saturated heterocycles. The molecule has 4 rings (SSSR count). The zero-order chi connectivity index (χ0) is 13.5. The Labute approximate surface area is 116 Å². The second-order valence-electron chi connectivity index (χ2n) is 4.94. The largest absolute Gasteiger partial charge is 0.292 e. The van der Waals surface area contributed by atoms with Crippen LogP contribution in [0.4, 0.5) is 0 Å². The minimum atomic E-state index is 0.926. The lowest BCUT2D eigenvalue weighted by Gasteiger charge is -2.06. The first-order chi connectivity index (χ1) is 9.84. The minimum absolute atomic E-state index is 0.926. The fourth-order valence-electron chi connectivity index (χ4n) is 2.66. The van der Waals surface area contributed by atoms with Gasteiger partial charge >= 0.3 is 0 Å². The molecular formula is C17H13N3. The van der Waals surface area contributed by atoms with Crippen LogP contribution in [0, 0.1) is 6.92 Å². The lowest BCUT2D eigenvalue weighted by atomic mass is 10.2. The van der Waals surface area contributed by atoms with E-state index in [9.17, 15) is 0 Å². The van der Waals surface area contributed by atoms with Gasteiger partial charge in [0.25, 0.3) is 0 Å². The molecule has 20 heavy (non-hydrogen) atoms. The predicted octanol–water partition coefficient (Wildman–Crippen LogP) is 3.88. The van der Waals surface area contributed by atoms with E-state index < -0.39 is 0 Å². The van der Waals surface area contributed by atoms with E-state index >= 15 is 0 Å². The predicted molar refractivity (Wildman–Crippen MR) is 81.1 cm³/mol. The Balaban J connectivity index is 2.17. The van der Waals surface area contributed by atoms with Gasteiger partial charge in [-0.3, -0.25) is 9.55 Å². The molecule has 4 aromatic rings. The molecule has 3 heteroatoms. The number of benzene rings is 1. The quantitative estimate of drug-likeness (QED) is 0.519. The topological polar surface area (TPSA) is 30.7 Å². The first-order valence-corrected chi connectivity index (χ1v) is 6.61. The molecule has 0 aliphatic heterocycles. The normalized spacial score (nSPS) is 11.2. The van der Waals surface area contributed by atoms with E-state index in [-0.39, 0.29) is 0 Å². The molecule has 1 aromatic carbocycles. The van der Waals surface area contributed by atoms with Crippen molar-refractivity contribution in [3.8, 4) is 5.82 Å². The van der Waals surface area contributed by atoms with Crippen LogP contribution < -0.4 is 0 Å². The number of aromatic nitrogens is 3. The number of fused-ring (bicyclic) bond motifs is 3. The van der Waals surface area contributed by atoms with E-state index in [1.54, 1.807) is 0 Å². The Kier molecular flexibility index (Phi) is 2.33. The van der Waals surface area contributed by atoms with Crippen molar-refractivity contribution in [3.63, 3.8) is 0 Å². The third kappa shape index (κ3) is 1.53. The average Bonchev–Trinajstić information content (AvgIpc) is 2.83. The molecule has 3 nitrogen and oxygen atoms in total. The SMILES string of the molecule is Cc1ccc(-n2c3ccccc3c3ccncc32)nc1. The monoisotopic (exact) mass is 259 g/mol. The second-order valence-corrected chi connectivity index (χ2v) is 4.94. The van der Waals surface area contributed by atoms with Crippen LogP contribution in [0.25, 0.3) is 27.6 Å². The highest BCUT2D eigenvalue weighted by Crippen LogP contribution is 2.30. The Morgan fingerprint density at radius 3 is 2.55 bits per heavy atom. The summed E-state index contributed by atoms with van der Waals surface area (Å²) in [5.41, 5.74) is 3.41. The van der Waals surface area contributed by atoms with Crippen molar-refractivity contribution < 1.29 is 0 Å². The zero-order valence-corrected chi connectivity index (χ0v) is 11.1. The van der Waals surface area contributed by atoms with Gasteiger partial charge in [-0.2, -0.15) is 0 Å². The highest BCUT2D eigenvalue weighted by molar-refractivity contribution is 6.08. The Bertz CT molecular complexity index is 851. The van der Waals surface area contributed by atoms with E-state index in [4.69, 9.17) is 0 Å². The number of para-hydroxylation sites is 1. The molecule has 0 unspecified atom stereocenters. The number of hydrogen-bond acceptors (Lipinski definition) is 2. The molecule has 0 saturated carbocycles. The van der Waals surface area contributed by atoms with Crippen LogP contribution in [0.5, 0.6) is 0 Å². The average molecular weight is 259 g/mol. The molecule has 0 radical (unpaired) electrons. The van der Waals surface area contributed by atoms with Crippen LogP contribution >= 0.6 is 0 Å². The summed E-state index contributed by atoms with van der Waals surface area (Å²) < 4.78 is 2.16. The summed E-state index contributed by atoms with van der Waals surface area (Å²) in [5, 5.41) is 2.44. The molecule has 3 aromatic heterocycles. The summed E-state index contributed by atoms with van der Waals surface area (Å²) in [4.78, 5) is 8.82. The molecule has 96 valence electrons. The van der Waals surface area contributed by atoms with Crippen LogP contribution in [-0.4, -0.2) is 14.5 Å². The molecule has 0 amide bonds. The van der Waals surface area contributed by atoms with Gasteiger partial charge in [0, 0.05) is 23.2 Å². The van der Waals surface area contributed by atoms with Gasteiger partial charge in [0.2, 0.25) is 0 Å². The fourth-order valence-corrected chi connectivity index (χ4v) is 2.66. The molecule has 0 spiro atoms. The maximum absolute atomic E-state index is 4.56. The van der Waals surface area contributed by atoms with Gasteiger partial charge in [0.1, 0.15) is 5.82 Å². The zero-order valence-electron chi connectivity index (χ0n) is 11.1. The molecule has 0 N–H and O–H groups in total. The van der Waals surface area contributed by atoms with E-state index in [1.165, 1.54) is 10.8 Å². The number of rotatable bonds is 1. The number of pyridine rings is 2. The number of nitrogens with zero attached hydrogens (tertiary/aromatic N) is 3. The summed E-state index contributed by atoms with van der Waals surface area (Å²) >= 11 is 0. The van der Waals surface area contributed by atoms with Crippen LogP contribution in [-0.2, 0) is 0 Å². The van der Waals surface area contributed by atoms with Gasteiger partial charge in [-0.05, 0) is 30.7 Å². The minimum Gasteiger partial charge on any atom is -0.292 e. The lowest BCUT2D eigenvalue weighted by molar-refractivity contribution is 1.06. The third-order valence-electron chi connectivity index (χ3n) is 3.60. The number of aryl methyl sites for hydroxylation is 1. The fraction of sp³-hybridized carbons (Fsp3) is 0.0588. The summed E-state index contributed by atoms with van der Waals surface area (Å²) in [7, 11) is 0. The van der Waals surface area contributed by atoms with Gasteiger partial charge in [0.15, 0.2) is 0 Å². The van der Waals surface area contributed by atoms with Crippen molar-refractivity contribution in [1.82, 2.24) is 14.5 Å². The maximum atomic E-state index is 4.56. The van der Waals surface area contributed by atoms with Crippen LogP contribution in [0.15, 0.2) is 61.1 Å². The highest BCUT2D eigenvalue weighted by Gasteiger charge is 2.11. The van der Waals surface area contributed by atoms with Crippen LogP contribution in [0.1, 0.15) is 5.56 Å². The van der Waals surface area contributed by atoms with E-state index in [2.05, 4.69) is 50.9 Å². The standard InChI is InChI=1S/C17H13N3/c1-12-6-7-17(19-10-12)20-15-5-3-2-4-13(15)14-8-9-18-11-16(14)20/h2-11H,1H3. The van der Waals surface area contributed by atoms with E-state index in [0.29, 0.717) is 0 Å². The molecule has 0 aliphatic rings. The summed E-state index contributed by atoms with van der Waals surface area (Å²) in [6.07, 6.45) is 5.63. The van der Waals surface area contributed by atoms with Crippen molar-refractivity contribution in [2.45, 2.75) is 6.92 Å². The smallest absolute Gasteiger partial charge is 0.137 e. The Hall–Kier alpha value is -2.68. The first-order valence-electron chi connectivity index (χ1n) is 6.61. The van der Waals surface area contributed by atoms with Gasteiger partial charge in [0.05, 0.1) is 17.2 Å². The molecule has 0 bridgehead atoms. The van der Waals surface area contributed by atoms with Crippen molar-refractivity contribution in [1.29, 1.82) is 0 Å². The van der Waals surface area contributed by atoms with Crippen molar-refractivity contribution in [3.05, 3.63) is 66.6 Å². The van der Waals surface area contributed by atoms with Crippen molar-refractivity contribution in [2.75, 3.05) is 0 Å². The van der Waals surface area contributed by atoms with Gasteiger partial charge in [-0.25, -0.2) is 4.98 Å². The van der Waals surface area contributed by atoms with Gasteiger partial charge in [-0.15, -0.1) is 0 Å². The Morgan fingerprint density at radius 1 is 0.850 bits per heavy atom. The second kappa shape index (κ2) is 4.17. The van der Waals surface area contributed by atoms with Gasteiger partial charge in [-0.1, -0.05) is 24.3 Å². The summed E-state index contributed by atoms with van der Waals surface area (Å²) in [6, 6.07) is 14.6. The van der Waals surface area contributed by atoms with Crippen molar-refractivity contribution >= 4 is 21.8 Å². The third-order valence-corrected chi connectivity index (χ3v) is 3.60.